The van der Waals surface area contributed by atoms with Gasteiger partial charge in [0.05, 0.1) is 17.5 Å². The van der Waals surface area contributed by atoms with E-state index in [4.69, 9.17) is 5.11 Å². The number of benzene rings is 2. The molecule has 4 rings (SSSR count). The minimum absolute atomic E-state index is 0.0147. The zero-order chi connectivity index (χ0) is 15.8. The van der Waals surface area contributed by atoms with Gasteiger partial charge in [0.1, 0.15) is 0 Å². The van der Waals surface area contributed by atoms with E-state index >= 15 is 0 Å². The van der Waals surface area contributed by atoms with Crippen LogP contribution in [0.5, 0.6) is 0 Å². The molecule has 0 unspecified atom stereocenters. The van der Waals surface area contributed by atoms with Crippen LogP contribution in [0.15, 0.2) is 48.5 Å². The summed E-state index contributed by atoms with van der Waals surface area (Å²) < 4.78 is 1.82. The van der Waals surface area contributed by atoms with Crippen molar-refractivity contribution in [3.05, 3.63) is 54.1 Å². The molecule has 4 aromatic rings. The minimum atomic E-state index is -0.843. The third kappa shape index (κ3) is 2.48. The lowest BCUT2D eigenvalue weighted by molar-refractivity contribution is -0.136. The number of anilines is 2. The van der Waals surface area contributed by atoms with E-state index in [-0.39, 0.29) is 6.42 Å². The number of carboxylic acid groups (broad SMARTS) is 1. The number of rotatable bonds is 4. The molecule has 0 amide bonds. The molecule has 2 aromatic heterocycles. The molecule has 0 radical (unpaired) electrons. The van der Waals surface area contributed by atoms with Gasteiger partial charge < -0.3 is 10.4 Å². The van der Waals surface area contributed by atoms with Gasteiger partial charge in [-0.2, -0.15) is 4.98 Å². The number of nitrogens with one attached hydrogen (secondary N) is 2. The van der Waals surface area contributed by atoms with E-state index in [0.717, 1.165) is 22.3 Å². The second-order valence-electron chi connectivity index (χ2n) is 5.20. The normalized spacial score (nSPS) is 11.1. The smallest absolute Gasteiger partial charge is 0.307 e. The quantitative estimate of drug-likeness (QED) is 0.538. The first-order valence-electron chi connectivity index (χ1n) is 7.10. The number of carbonyl (C=O) groups is 1. The number of nitrogens with zero attached hydrogens (tertiary/aromatic N) is 3. The van der Waals surface area contributed by atoms with Crippen LogP contribution in [0.25, 0.3) is 16.8 Å². The SMILES string of the molecule is O=C(O)Cc1ccc(Nc2nc3nc4ccccc4n3[nH]2)cc1. The highest BCUT2D eigenvalue weighted by Gasteiger charge is 2.09. The number of aromatic amines is 1. The van der Waals surface area contributed by atoms with Crippen LogP contribution in [-0.4, -0.2) is 30.7 Å². The fourth-order valence-corrected chi connectivity index (χ4v) is 2.50. The van der Waals surface area contributed by atoms with Gasteiger partial charge in [-0.3, -0.25) is 9.89 Å². The number of carboxylic acids is 1. The predicted molar refractivity (Wildman–Crippen MR) is 85.9 cm³/mol. The molecule has 7 nitrogen and oxygen atoms in total. The Kier molecular flexibility index (Phi) is 2.97. The summed E-state index contributed by atoms with van der Waals surface area (Å²) in [5, 5.41) is 15.1. The zero-order valence-corrected chi connectivity index (χ0v) is 12.0. The molecule has 7 heteroatoms. The molecule has 0 spiro atoms. The highest BCUT2D eigenvalue weighted by atomic mass is 16.4. The summed E-state index contributed by atoms with van der Waals surface area (Å²) in [6.07, 6.45) is 0.0147. The fourth-order valence-electron chi connectivity index (χ4n) is 2.50. The van der Waals surface area contributed by atoms with E-state index in [1.807, 2.05) is 40.9 Å². The van der Waals surface area contributed by atoms with Gasteiger partial charge >= 0.3 is 5.97 Å². The van der Waals surface area contributed by atoms with Crippen LogP contribution in [0.3, 0.4) is 0 Å². The van der Waals surface area contributed by atoms with Gasteiger partial charge in [-0.25, -0.2) is 9.50 Å². The number of aromatic nitrogens is 4. The summed E-state index contributed by atoms with van der Waals surface area (Å²) in [6, 6.07) is 15.0. The van der Waals surface area contributed by atoms with Gasteiger partial charge in [-0.1, -0.05) is 24.3 Å². The van der Waals surface area contributed by atoms with Crippen molar-refractivity contribution in [1.29, 1.82) is 0 Å². The van der Waals surface area contributed by atoms with E-state index in [9.17, 15) is 4.79 Å². The summed E-state index contributed by atoms with van der Waals surface area (Å²) in [7, 11) is 0. The van der Waals surface area contributed by atoms with Crippen molar-refractivity contribution in [2.75, 3.05) is 5.32 Å². The molecule has 0 aliphatic rings. The topological polar surface area (TPSA) is 95.3 Å². The molecule has 0 bridgehead atoms. The Labute approximate surface area is 130 Å². The highest BCUT2D eigenvalue weighted by Crippen LogP contribution is 2.19. The first kappa shape index (κ1) is 13.3. The first-order valence-corrected chi connectivity index (χ1v) is 7.10. The van der Waals surface area contributed by atoms with Crippen molar-refractivity contribution >= 4 is 34.4 Å². The molecule has 2 aromatic carbocycles. The molecular weight excluding hydrogens is 294 g/mol. The Morgan fingerprint density at radius 1 is 1.13 bits per heavy atom. The predicted octanol–water partition coefficient (Wildman–Crippen LogP) is 2.58. The maximum absolute atomic E-state index is 10.7. The highest BCUT2D eigenvalue weighted by molar-refractivity contribution is 5.79. The number of fused-ring (bicyclic) bond motifs is 3. The van der Waals surface area contributed by atoms with E-state index < -0.39 is 5.97 Å². The van der Waals surface area contributed by atoms with Crippen molar-refractivity contribution in [3.63, 3.8) is 0 Å². The van der Waals surface area contributed by atoms with Crippen LogP contribution in [0, 0.1) is 0 Å². The summed E-state index contributed by atoms with van der Waals surface area (Å²) in [5.41, 5.74) is 3.42. The zero-order valence-electron chi connectivity index (χ0n) is 12.0. The third-order valence-corrected chi connectivity index (χ3v) is 3.54. The Balaban J connectivity index is 1.61. The van der Waals surface area contributed by atoms with Crippen LogP contribution < -0.4 is 5.32 Å². The Hall–Kier alpha value is -3.35. The maximum atomic E-state index is 10.7. The van der Waals surface area contributed by atoms with E-state index in [1.165, 1.54) is 0 Å². The molecule has 3 N–H and O–H groups in total. The van der Waals surface area contributed by atoms with Crippen LogP contribution in [0.1, 0.15) is 5.56 Å². The first-order chi connectivity index (χ1) is 11.2. The number of aliphatic carboxylic acids is 1. The molecule has 0 saturated heterocycles. The molecule has 0 aliphatic carbocycles. The van der Waals surface area contributed by atoms with Crippen LogP contribution >= 0.6 is 0 Å². The number of para-hydroxylation sites is 2. The lowest BCUT2D eigenvalue weighted by Crippen LogP contribution is -2.00. The molecule has 0 saturated carbocycles. The van der Waals surface area contributed by atoms with Gasteiger partial charge in [0.25, 0.3) is 5.78 Å². The summed E-state index contributed by atoms with van der Waals surface area (Å²) in [6.45, 7) is 0. The van der Waals surface area contributed by atoms with Gasteiger partial charge in [-0.05, 0) is 29.8 Å². The lowest BCUT2D eigenvalue weighted by atomic mass is 10.1. The monoisotopic (exact) mass is 307 g/mol. The number of H-pyrrole nitrogens is 1. The van der Waals surface area contributed by atoms with E-state index in [0.29, 0.717) is 11.7 Å². The summed E-state index contributed by atoms with van der Waals surface area (Å²) in [5.74, 6) is 0.324. The average molecular weight is 307 g/mol. The molecule has 23 heavy (non-hydrogen) atoms. The molecule has 114 valence electrons. The summed E-state index contributed by atoms with van der Waals surface area (Å²) in [4.78, 5) is 19.5. The summed E-state index contributed by atoms with van der Waals surface area (Å²) >= 11 is 0. The lowest BCUT2D eigenvalue weighted by Gasteiger charge is -2.03. The van der Waals surface area contributed by atoms with Crippen molar-refractivity contribution in [2.24, 2.45) is 0 Å². The van der Waals surface area contributed by atoms with Crippen molar-refractivity contribution < 1.29 is 9.90 Å². The minimum Gasteiger partial charge on any atom is -0.481 e. The third-order valence-electron chi connectivity index (χ3n) is 3.54. The number of hydrogen-bond donors (Lipinski definition) is 3. The van der Waals surface area contributed by atoms with Gasteiger partial charge in [0.15, 0.2) is 0 Å². The van der Waals surface area contributed by atoms with Crippen molar-refractivity contribution in [2.45, 2.75) is 6.42 Å². The number of imidazole rings is 1. The largest absolute Gasteiger partial charge is 0.481 e. The van der Waals surface area contributed by atoms with Crippen LogP contribution in [-0.2, 0) is 11.2 Å². The second-order valence-corrected chi connectivity index (χ2v) is 5.20. The van der Waals surface area contributed by atoms with Crippen LogP contribution in [0.4, 0.5) is 11.6 Å². The standard InChI is InChI=1S/C16H13N5O2/c22-14(23)9-10-5-7-11(8-6-10)17-15-19-16-18-12-3-1-2-4-13(12)21(16)20-15/h1-8H,9H2,(H,22,23)(H2,17,18,19,20). The maximum Gasteiger partial charge on any atom is 0.307 e. The van der Waals surface area contributed by atoms with Gasteiger partial charge in [-0.15, -0.1) is 0 Å². The molecular formula is C16H13N5O2. The van der Waals surface area contributed by atoms with Gasteiger partial charge in [0.2, 0.25) is 5.95 Å². The van der Waals surface area contributed by atoms with Gasteiger partial charge in [0, 0.05) is 5.69 Å². The van der Waals surface area contributed by atoms with Crippen LogP contribution in [0.2, 0.25) is 0 Å². The van der Waals surface area contributed by atoms with Crippen molar-refractivity contribution in [1.82, 2.24) is 19.6 Å². The van der Waals surface area contributed by atoms with E-state index in [1.54, 1.807) is 12.1 Å². The molecule has 0 aliphatic heterocycles. The Morgan fingerprint density at radius 3 is 2.70 bits per heavy atom. The molecule has 0 fully saturated rings. The van der Waals surface area contributed by atoms with E-state index in [2.05, 4.69) is 20.4 Å². The molecule has 0 atom stereocenters. The Morgan fingerprint density at radius 2 is 1.91 bits per heavy atom. The molecule has 2 heterocycles. The fraction of sp³-hybridized carbons (Fsp3) is 0.0625. The van der Waals surface area contributed by atoms with Crippen molar-refractivity contribution in [3.8, 4) is 0 Å². The Bertz CT molecular complexity index is 1000. The second kappa shape index (κ2) is 5.13. The number of hydrogen-bond acceptors (Lipinski definition) is 4. The average Bonchev–Trinajstić information content (AvgIpc) is 3.06.